The molecule has 1 amide bonds. The predicted octanol–water partition coefficient (Wildman–Crippen LogP) is 3.15. The van der Waals surface area contributed by atoms with Crippen LogP contribution in [0.2, 0.25) is 0 Å². The minimum absolute atomic E-state index is 0.215. The summed E-state index contributed by atoms with van der Waals surface area (Å²) in [6, 6.07) is 15.9. The van der Waals surface area contributed by atoms with E-state index in [-0.39, 0.29) is 6.61 Å². The molecular formula is C23H31NO7. The summed E-state index contributed by atoms with van der Waals surface area (Å²) >= 11 is 0. The van der Waals surface area contributed by atoms with Crippen LogP contribution in [0, 0.1) is 0 Å². The first-order valence-electron chi connectivity index (χ1n) is 10.2. The fraction of sp³-hybridized carbons (Fsp3) is 0.435. The second-order valence-electron chi connectivity index (χ2n) is 6.32. The van der Waals surface area contributed by atoms with Gasteiger partial charge in [-0.25, -0.2) is 4.79 Å². The van der Waals surface area contributed by atoms with Crippen molar-refractivity contribution >= 4 is 6.09 Å². The molecule has 0 bridgehead atoms. The van der Waals surface area contributed by atoms with Crippen LogP contribution in [0.15, 0.2) is 48.5 Å². The van der Waals surface area contributed by atoms with E-state index in [4.69, 9.17) is 28.4 Å². The van der Waals surface area contributed by atoms with Crippen molar-refractivity contribution in [1.82, 2.24) is 5.32 Å². The van der Waals surface area contributed by atoms with Gasteiger partial charge in [-0.3, -0.25) is 0 Å². The van der Waals surface area contributed by atoms with Gasteiger partial charge in [-0.05, 0) is 35.4 Å². The molecule has 170 valence electrons. The summed E-state index contributed by atoms with van der Waals surface area (Å²) in [6.07, 6.45) is -0.466. The van der Waals surface area contributed by atoms with Crippen molar-refractivity contribution in [2.45, 2.75) is 0 Å². The number of alkyl carbamates (subject to hydrolysis) is 1. The van der Waals surface area contributed by atoms with Gasteiger partial charge < -0.3 is 33.7 Å². The molecule has 0 fully saturated rings. The Hall–Kier alpha value is -2.81. The third-order valence-corrected chi connectivity index (χ3v) is 4.18. The Morgan fingerprint density at radius 2 is 1.13 bits per heavy atom. The molecule has 0 aliphatic carbocycles. The van der Waals surface area contributed by atoms with Crippen molar-refractivity contribution < 1.29 is 33.2 Å². The van der Waals surface area contributed by atoms with E-state index >= 15 is 0 Å². The highest BCUT2D eigenvalue weighted by Crippen LogP contribution is 2.24. The molecule has 0 saturated heterocycles. The lowest BCUT2D eigenvalue weighted by atomic mass is 10.1. The van der Waals surface area contributed by atoms with Crippen molar-refractivity contribution in [2.75, 3.05) is 67.0 Å². The Labute approximate surface area is 183 Å². The quantitative estimate of drug-likeness (QED) is 0.432. The summed E-state index contributed by atoms with van der Waals surface area (Å²) in [6.45, 7) is 3.37. The average molecular weight is 434 g/mol. The van der Waals surface area contributed by atoms with Crippen LogP contribution in [-0.4, -0.2) is 73.1 Å². The SMILES string of the molecule is CNC(=O)OCCOCCOCCOCCOc1ccc(-c2ccc(OC)cc2)cc1. The molecule has 0 heterocycles. The monoisotopic (exact) mass is 433 g/mol. The van der Waals surface area contributed by atoms with Crippen LogP contribution in [0.4, 0.5) is 4.79 Å². The molecule has 0 saturated carbocycles. The molecule has 1 N–H and O–H groups in total. The summed E-state index contributed by atoms with van der Waals surface area (Å²) in [5.41, 5.74) is 2.24. The van der Waals surface area contributed by atoms with E-state index in [0.717, 1.165) is 22.6 Å². The first-order chi connectivity index (χ1) is 15.2. The molecule has 0 spiro atoms. The Bertz CT molecular complexity index is 735. The van der Waals surface area contributed by atoms with Gasteiger partial charge in [-0.1, -0.05) is 24.3 Å². The molecule has 31 heavy (non-hydrogen) atoms. The molecule has 0 aliphatic heterocycles. The van der Waals surface area contributed by atoms with Gasteiger partial charge in [0.15, 0.2) is 0 Å². The lowest BCUT2D eigenvalue weighted by Gasteiger charge is -2.09. The number of methoxy groups -OCH3 is 1. The highest BCUT2D eigenvalue weighted by atomic mass is 16.6. The molecule has 0 atom stereocenters. The van der Waals surface area contributed by atoms with Gasteiger partial charge in [-0.2, -0.15) is 0 Å². The molecule has 2 rings (SSSR count). The molecule has 2 aromatic carbocycles. The zero-order valence-corrected chi connectivity index (χ0v) is 18.1. The third-order valence-electron chi connectivity index (χ3n) is 4.18. The maximum Gasteiger partial charge on any atom is 0.406 e. The summed E-state index contributed by atoms with van der Waals surface area (Å²) < 4.78 is 31.8. The standard InChI is InChI=1S/C23H31NO7/c1-24-23(25)31-18-16-29-14-12-27-11-13-28-15-17-30-22-9-5-20(6-10-22)19-3-7-21(26-2)8-4-19/h3-10H,11-18H2,1-2H3,(H,24,25). The Morgan fingerprint density at radius 1 is 0.677 bits per heavy atom. The van der Waals surface area contributed by atoms with E-state index in [9.17, 15) is 4.79 Å². The molecule has 0 unspecified atom stereocenters. The normalized spacial score (nSPS) is 10.5. The highest BCUT2D eigenvalue weighted by Gasteiger charge is 2.00. The number of benzene rings is 2. The summed E-state index contributed by atoms with van der Waals surface area (Å²) in [7, 11) is 3.16. The van der Waals surface area contributed by atoms with Gasteiger partial charge in [0, 0.05) is 7.05 Å². The molecule has 0 aliphatic rings. The predicted molar refractivity (Wildman–Crippen MR) is 117 cm³/mol. The lowest BCUT2D eigenvalue weighted by molar-refractivity contribution is 0.00204. The summed E-state index contributed by atoms with van der Waals surface area (Å²) in [5, 5.41) is 2.36. The first kappa shape index (κ1) is 24.5. The largest absolute Gasteiger partial charge is 0.497 e. The fourth-order valence-electron chi connectivity index (χ4n) is 2.55. The third kappa shape index (κ3) is 10.2. The maximum absolute atomic E-state index is 10.8. The summed E-state index contributed by atoms with van der Waals surface area (Å²) in [4.78, 5) is 10.8. The number of hydrogen-bond donors (Lipinski definition) is 1. The Balaban J connectivity index is 1.45. The van der Waals surface area contributed by atoms with E-state index in [2.05, 4.69) is 5.32 Å². The van der Waals surface area contributed by atoms with Gasteiger partial charge in [-0.15, -0.1) is 0 Å². The minimum atomic E-state index is -0.466. The second kappa shape index (κ2) is 15.1. The van der Waals surface area contributed by atoms with E-state index < -0.39 is 6.09 Å². The van der Waals surface area contributed by atoms with Crippen LogP contribution in [0.5, 0.6) is 11.5 Å². The molecular weight excluding hydrogens is 402 g/mol. The zero-order valence-electron chi connectivity index (χ0n) is 18.1. The van der Waals surface area contributed by atoms with Crippen LogP contribution in [-0.2, 0) is 18.9 Å². The maximum atomic E-state index is 10.8. The van der Waals surface area contributed by atoms with Gasteiger partial charge in [0.25, 0.3) is 0 Å². The molecule has 8 nitrogen and oxygen atoms in total. The molecule has 8 heteroatoms. The number of carbonyl (C=O) groups excluding carboxylic acids is 1. The number of rotatable bonds is 15. The van der Waals surface area contributed by atoms with Crippen molar-refractivity contribution in [1.29, 1.82) is 0 Å². The number of amides is 1. The van der Waals surface area contributed by atoms with Gasteiger partial charge in [0.1, 0.15) is 24.7 Å². The summed E-state index contributed by atoms with van der Waals surface area (Å²) in [5.74, 6) is 1.64. The zero-order chi connectivity index (χ0) is 22.2. The topological polar surface area (TPSA) is 84.5 Å². The number of nitrogens with one attached hydrogen (secondary N) is 1. The number of carbonyl (C=O) groups is 1. The van der Waals surface area contributed by atoms with E-state index in [1.54, 1.807) is 7.11 Å². The van der Waals surface area contributed by atoms with E-state index in [1.807, 2.05) is 48.5 Å². The van der Waals surface area contributed by atoms with Crippen molar-refractivity contribution in [3.63, 3.8) is 0 Å². The van der Waals surface area contributed by atoms with Crippen LogP contribution in [0.1, 0.15) is 0 Å². The van der Waals surface area contributed by atoms with Crippen molar-refractivity contribution in [2.24, 2.45) is 0 Å². The minimum Gasteiger partial charge on any atom is -0.497 e. The van der Waals surface area contributed by atoms with Crippen LogP contribution < -0.4 is 14.8 Å². The van der Waals surface area contributed by atoms with Crippen LogP contribution in [0.3, 0.4) is 0 Å². The fourth-order valence-corrected chi connectivity index (χ4v) is 2.55. The molecule has 0 radical (unpaired) electrons. The Morgan fingerprint density at radius 3 is 1.61 bits per heavy atom. The lowest BCUT2D eigenvalue weighted by Crippen LogP contribution is -2.21. The van der Waals surface area contributed by atoms with Gasteiger partial charge in [0.2, 0.25) is 0 Å². The van der Waals surface area contributed by atoms with Crippen molar-refractivity contribution in [3.8, 4) is 22.6 Å². The van der Waals surface area contributed by atoms with Crippen LogP contribution in [0.25, 0.3) is 11.1 Å². The van der Waals surface area contributed by atoms with Gasteiger partial charge >= 0.3 is 6.09 Å². The smallest absolute Gasteiger partial charge is 0.406 e. The number of ether oxygens (including phenoxy) is 6. The first-order valence-corrected chi connectivity index (χ1v) is 10.2. The van der Waals surface area contributed by atoms with E-state index in [1.165, 1.54) is 7.05 Å². The molecule has 2 aromatic rings. The second-order valence-corrected chi connectivity index (χ2v) is 6.32. The number of hydrogen-bond acceptors (Lipinski definition) is 7. The van der Waals surface area contributed by atoms with Crippen molar-refractivity contribution in [3.05, 3.63) is 48.5 Å². The average Bonchev–Trinajstić information content (AvgIpc) is 2.82. The Kier molecular flexibility index (Phi) is 11.9. The molecule has 0 aromatic heterocycles. The van der Waals surface area contributed by atoms with E-state index in [0.29, 0.717) is 46.2 Å². The van der Waals surface area contributed by atoms with Gasteiger partial charge in [0.05, 0.1) is 46.8 Å². The van der Waals surface area contributed by atoms with Crippen LogP contribution >= 0.6 is 0 Å². The highest BCUT2D eigenvalue weighted by molar-refractivity contribution is 5.66.